The van der Waals surface area contributed by atoms with Crippen molar-refractivity contribution in [3.8, 4) is 5.75 Å². The molecule has 0 saturated heterocycles. The van der Waals surface area contributed by atoms with Crippen LogP contribution in [0.3, 0.4) is 0 Å². The van der Waals surface area contributed by atoms with Crippen molar-refractivity contribution in [3.63, 3.8) is 0 Å². The summed E-state index contributed by atoms with van der Waals surface area (Å²) in [5.74, 6) is 0.624. The lowest BCUT2D eigenvalue weighted by atomic mass is 9.84. The molecule has 0 aliphatic carbocycles. The number of nitrogens with two attached hydrogens (primary N) is 1. The Morgan fingerprint density at radius 1 is 1.16 bits per heavy atom. The van der Waals surface area contributed by atoms with E-state index in [0.717, 1.165) is 18.8 Å². The second kappa shape index (κ2) is 4.59. The van der Waals surface area contributed by atoms with Gasteiger partial charge in [-0.25, -0.2) is 0 Å². The third-order valence-electron chi connectivity index (χ3n) is 3.84. The molecule has 0 aromatic heterocycles. The molecule has 3 N–H and O–H groups in total. The van der Waals surface area contributed by atoms with Crippen LogP contribution < -0.4 is 5.73 Å². The third kappa shape index (κ3) is 2.17. The lowest BCUT2D eigenvalue weighted by molar-refractivity contribution is 0.296. The minimum Gasteiger partial charge on any atom is -0.508 e. The standard InChI is InChI=1S/C16H18N2O/c1-18-9-14(11-5-7-12(19)8-6-11)13-3-2-4-16(17)15(13)10-18/h2-8,14,19H,9-10,17H2,1H3. The van der Waals surface area contributed by atoms with Crippen LogP contribution in [0.1, 0.15) is 22.6 Å². The molecule has 0 radical (unpaired) electrons. The van der Waals surface area contributed by atoms with Crippen molar-refractivity contribution in [1.29, 1.82) is 0 Å². The first-order valence-electron chi connectivity index (χ1n) is 6.50. The fourth-order valence-corrected chi connectivity index (χ4v) is 2.87. The molecule has 98 valence electrons. The summed E-state index contributed by atoms with van der Waals surface area (Å²) in [7, 11) is 2.11. The van der Waals surface area contributed by atoms with Gasteiger partial charge in [-0.05, 0) is 41.9 Å². The highest BCUT2D eigenvalue weighted by molar-refractivity contribution is 5.55. The van der Waals surface area contributed by atoms with E-state index in [1.165, 1.54) is 16.7 Å². The number of fused-ring (bicyclic) bond motifs is 1. The van der Waals surface area contributed by atoms with Gasteiger partial charge >= 0.3 is 0 Å². The van der Waals surface area contributed by atoms with Crippen LogP contribution in [0.15, 0.2) is 42.5 Å². The molecule has 1 aliphatic rings. The minimum absolute atomic E-state index is 0.306. The second-order valence-electron chi connectivity index (χ2n) is 5.26. The molecule has 0 bridgehead atoms. The molecule has 1 unspecified atom stereocenters. The van der Waals surface area contributed by atoms with E-state index in [4.69, 9.17) is 5.73 Å². The summed E-state index contributed by atoms with van der Waals surface area (Å²) < 4.78 is 0. The van der Waals surface area contributed by atoms with Gasteiger partial charge in [0.15, 0.2) is 0 Å². The Kier molecular flexibility index (Phi) is 2.91. The zero-order valence-electron chi connectivity index (χ0n) is 11.0. The molecule has 0 spiro atoms. The molecule has 0 saturated carbocycles. The maximum Gasteiger partial charge on any atom is 0.115 e. The van der Waals surface area contributed by atoms with E-state index in [2.05, 4.69) is 18.0 Å². The molecule has 0 fully saturated rings. The smallest absolute Gasteiger partial charge is 0.115 e. The minimum atomic E-state index is 0.306. The Morgan fingerprint density at radius 2 is 1.89 bits per heavy atom. The predicted molar refractivity (Wildman–Crippen MR) is 77.1 cm³/mol. The van der Waals surface area contributed by atoms with Gasteiger partial charge in [0.1, 0.15) is 5.75 Å². The van der Waals surface area contributed by atoms with E-state index in [9.17, 15) is 5.11 Å². The van der Waals surface area contributed by atoms with Gasteiger partial charge in [0.2, 0.25) is 0 Å². The van der Waals surface area contributed by atoms with E-state index in [1.807, 2.05) is 24.3 Å². The molecule has 19 heavy (non-hydrogen) atoms. The molecule has 1 aliphatic heterocycles. The molecule has 2 aromatic carbocycles. The van der Waals surface area contributed by atoms with Crippen LogP contribution >= 0.6 is 0 Å². The molecule has 1 heterocycles. The number of anilines is 1. The van der Waals surface area contributed by atoms with Crippen molar-refractivity contribution in [3.05, 3.63) is 59.2 Å². The van der Waals surface area contributed by atoms with Crippen molar-refractivity contribution in [2.75, 3.05) is 19.3 Å². The highest BCUT2D eigenvalue weighted by atomic mass is 16.3. The average molecular weight is 254 g/mol. The number of hydrogen-bond donors (Lipinski definition) is 2. The van der Waals surface area contributed by atoms with Crippen LogP contribution in [-0.2, 0) is 6.54 Å². The van der Waals surface area contributed by atoms with Gasteiger partial charge < -0.3 is 15.7 Å². The zero-order valence-corrected chi connectivity index (χ0v) is 11.0. The first-order chi connectivity index (χ1) is 9.15. The predicted octanol–water partition coefficient (Wildman–Crippen LogP) is 2.55. The lowest BCUT2D eigenvalue weighted by Gasteiger charge is -2.33. The quantitative estimate of drug-likeness (QED) is 0.769. The fourth-order valence-electron chi connectivity index (χ4n) is 2.87. The van der Waals surface area contributed by atoms with Gasteiger partial charge in [0, 0.05) is 24.7 Å². The Labute approximate surface area is 113 Å². The number of benzene rings is 2. The summed E-state index contributed by atoms with van der Waals surface area (Å²) in [6.07, 6.45) is 0. The van der Waals surface area contributed by atoms with Crippen molar-refractivity contribution in [2.24, 2.45) is 0 Å². The molecule has 3 rings (SSSR count). The lowest BCUT2D eigenvalue weighted by Crippen LogP contribution is -2.31. The molecule has 0 amide bonds. The maximum absolute atomic E-state index is 9.42. The highest BCUT2D eigenvalue weighted by Gasteiger charge is 2.25. The van der Waals surface area contributed by atoms with Crippen LogP contribution in [0.5, 0.6) is 5.75 Å². The molecular formula is C16H18N2O. The number of aromatic hydroxyl groups is 1. The van der Waals surface area contributed by atoms with Crippen molar-refractivity contribution < 1.29 is 5.11 Å². The van der Waals surface area contributed by atoms with Gasteiger partial charge in [0.25, 0.3) is 0 Å². The van der Waals surface area contributed by atoms with Crippen molar-refractivity contribution in [2.45, 2.75) is 12.5 Å². The number of phenols is 1. The summed E-state index contributed by atoms with van der Waals surface area (Å²) >= 11 is 0. The second-order valence-corrected chi connectivity index (χ2v) is 5.26. The highest BCUT2D eigenvalue weighted by Crippen LogP contribution is 2.35. The molecule has 3 heteroatoms. The van der Waals surface area contributed by atoms with Crippen LogP contribution in [0.25, 0.3) is 0 Å². The fraction of sp³-hybridized carbons (Fsp3) is 0.250. The first-order valence-corrected chi connectivity index (χ1v) is 6.50. The SMILES string of the molecule is CN1Cc2c(N)cccc2C(c2ccc(O)cc2)C1. The maximum atomic E-state index is 9.42. The van der Waals surface area contributed by atoms with Crippen molar-refractivity contribution >= 4 is 5.69 Å². The average Bonchev–Trinajstić information content (AvgIpc) is 2.40. The normalized spacial score (nSPS) is 19.1. The monoisotopic (exact) mass is 254 g/mol. The first kappa shape index (κ1) is 12.1. The number of nitrogen functional groups attached to an aromatic ring is 1. The van der Waals surface area contributed by atoms with Gasteiger partial charge in [-0.2, -0.15) is 0 Å². The summed E-state index contributed by atoms with van der Waals surface area (Å²) in [6.45, 7) is 1.87. The van der Waals surface area contributed by atoms with Crippen LogP contribution in [-0.4, -0.2) is 23.6 Å². The third-order valence-corrected chi connectivity index (χ3v) is 3.84. The van der Waals surface area contributed by atoms with E-state index >= 15 is 0 Å². The molecular weight excluding hydrogens is 236 g/mol. The Hall–Kier alpha value is -2.00. The summed E-state index contributed by atoms with van der Waals surface area (Å²) in [5, 5.41) is 9.42. The van der Waals surface area contributed by atoms with Crippen molar-refractivity contribution in [1.82, 2.24) is 4.90 Å². The van der Waals surface area contributed by atoms with Gasteiger partial charge in [0.05, 0.1) is 0 Å². The van der Waals surface area contributed by atoms with Crippen LogP contribution in [0, 0.1) is 0 Å². The molecule has 1 atom stereocenters. The number of likely N-dealkylation sites (N-methyl/N-ethyl adjacent to an activating group) is 1. The van der Waals surface area contributed by atoms with Crippen LogP contribution in [0.4, 0.5) is 5.69 Å². The Morgan fingerprint density at radius 3 is 2.63 bits per heavy atom. The summed E-state index contributed by atoms with van der Waals surface area (Å²) in [5.41, 5.74) is 10.7. The summed E-state index contributed by atoms with van der Waals surface area (Å²) in [6, 6.07) is 13.6. The van der Waals surface area contributed by atoms with E-state index in [0.29, 0.717) is 11.7 Å². The molecule has 3 nitrogen and oxygen atoms in total. The van der Waals surface area contributed by atoms with Crippen LogP contribution in [0.2, 0.25) is 0 Å². The van der Waals surface area contributed by atoms with Gasteiger partial charge in [-0.1, -0.05) is 24.3 Å². The number of phenolic OH excluding ortho intramolecular Hbond substituents is 1. The Balaban J connectivity index is 2.08. The number of rotatable bonds is 1. The van der Waals surface area contributed by atoms with E-state index in [-0.39, 0.29) is 0 Å². The molecule has 2 aromatic rings. The Bertz CT molecular complexity index is 592. The van der Waals surface area contributed by atoms with Gasteiger partial charge in [-0.3, -0.25) is 0 Å². The van der Waals surface area contributed by atoms with Gasteiger partial charge in [-0.15, -0.1) is 0 Å². The topological polar surface area (TPSA) is 49.5 Å². The largest absolute Gasteiger partial charge is 0.508 e. The van der Waals surface area contributed by atoms with E-state index < -0.39 is 0 Å². The number of nitrogens with zero attached hydrogens (tertiary/aromatic N) is 1. The summed E-state index contributed by atoms with van der Waals surface area (Å²) in [4.78, 5) is 2.29. The zero-order chi connectivity index (χ0) is 13.4. The van der Waals surface area contributed by atoms with E-state index in [1.54, 1.807) is 12.1 Å². The number of hydrogen-bond acceptors (Lipinski definition) is 3.